The van der Waals surface area contributed by atoms with Crippen molar-refractivity contribution in [3.8, 4) is 11.3 Å². The number of hydrogen-bond acceptors (Lipinski definition) is 4. The zero-order chi connectivity index (χ0) is 21.3. The van der Waals surface area contributed by atoms with Crippen molar-refractivity contribution in [1.82, 2.24) is 19.7 Å². The highest BCUT2D eigenvalue weighted by Gasteiger charge is 2.26. The summed E-state index contributed by atoms with van der Waals surface area (Å²) in [5.41, 5.74) is 7.79. The molecule has 0 bridgehead atoms. The molecule has 0 radical (unpaired) electrons. The summed E-state index contributed by atoms with van der Waals surface area (Å²) < 4.78 is 2.10. The second-order valence-corrected chi connectivity index (χ2v) is 8.30. The normalized spacial score (nSPS) is 16.9. The van der Waals surface area contributed by atoms with Gasteiger partial charge in [0.15, 0.2) is 5.78 Å². The summed E-state index contributed by atoms with van der Waals surface area (Å²) in [6.07, 6.45) is 3.05. The molecule has 4 rings (SSSR count). The zero-order valence-corrected chi connectivity index (χ0v) is 18.4. The highest BCUT2D eigenvalue weighted by atomic mass is 16.1. The molecule has 0 saturated carbocycles. The Labute approximate surface area is 178 Å². The van der Waals surface area contributed by atoms with Crippen molar-refractivity contribution in [2.75, 3.05) is 13.1 Å². The van der Waals surface area contributed by atoms with Gasteiger partial charge in [-0.2, -0.15) is 5.10 Å². The third-order valence-electron chi connectivity index (χ3n) is 6.31. The number of ketones is 1. The summed E-state index contributed by atoms with van der Waals surface area (Å²) in [6, 6.07) is 12.1. The van der Waals surface area contributed by atoms with Gasteiger partial charge in [0.05, 0.1) is 11.4 Å². The molecule has 2 aromatic heterocycles. The second-order valence-electron chi connectivity index (χ2n) is 8.30. The van der Waals surface area contributed by atoms with Crippen LogP contribution in [0.25, 0.3) is 11.3 Å². The largest absolute Gasteiger partial charge is 0.298 e. The van der Waals surface area contributed by atoms with Gasteiger partial charge in [-0.05, 0) is 70.3 Å². The minimum absolute atomic E-state index is 0.0800. The molecule has 1 aromatic carbocycles. The van der Waals surface area contributed by atoms with Crippen LogP contribution in [0.2, 0.25) is 0 Å². The first-order valence-corrected chi connectivity index (χ1v) is 10.8. The lowest BCUT2D eigenvalue weighted by molar-refractivity contribution is 0.101. The number of Topliss-reactive ketones (excluding diaryl/α,β-unsaturated/α-hetero) is 1. The monoisotopic (exact) mass is 402 g/mol. The number of aromatic nitrogens is 3. The Morgan fingerprint density at radius 3 is 2.77 bits per heavy atom. The molecule has 0 amide bonds. The third kappa shape index (κ3) is 4.08. The van der Waals surface area contributed by atoms with Crippen LogP contribution in [0.4, 0.5) is 0 Å². The summed E-state index contributed by atoms with van der Waals surface area (Å²) in [4.78, 5) is 18.8. The predicted molar refractivity (Wildman–Crippen MR) is 120 cm³/mol. The average molecular weight is 403 g/mol. The van der Waals surface area contributed by atoms with Crippen LogP contribution in [0, 0.1) is 13.8 Å². The lowest BCUT2D eigenvalue weighted by Crippen LogP contribution is -2.20. The summed E-state index contributed by atoms with van der Waals surface area (Å²) in [5.74, 6) is 0.584. The molecule has 0 aliphatic carbocycles. The first-order chi connectivity index (χ1) is 14.5. The van der Waals surface area contributed by atoms with E-state index in [4.69, 9.17) is 0 Å². The van der Waals surface area contributed by atoms with E-state index in [1.807, 2.05) is 30.5 Å². The molecule has 1 aliphatic heterocycles. The van der Waals surface area contributed by atoms with Crippen molar-refractivity contribution >= 4 is 5.78 Å². The maximum atomic E-state index is 11.7. The molecule has 30 heavy (non-hydrogen) atoms. The van der Waals surface area contributed by atoms with Crippen LogP contribution in [0.15, 0.2) is 42.6 Å². The molecule has 1 atom stereocenters. The molecule has 1 unspecified atom stereocenters. The number of rotatable bonds is 6. The second kappa shape index (κ2) is 8.52. The van der Waals surface area contributed by atoms with E-state index in [2.05, 4.69) is 52.6 Å². The van der Waals surface area contributed by atoms with Gasteiger partial charge in [-0.15, -0.1) is 0 Å². The van der Waals surface area contributed by atoms with E-state index >= 15 is 0 Å². The van der Waals surface area contributed by atoms with Crippen LogP contribution in [-0.2, 0) is 13.1 Å². The molecule has 3 aromatic rings. The van der Waals surface area contributed by atoms with Gasteiger partial charge in [0.1, 0.15) is 0 Å². The number of pyridine rings is 1. The summed E-state index contributed by atoms with van der Waals surface area (Å²) in [7, 11) is 0. The number of aryl methyl sites for hydroxylation is 2. The van der Waals surface area contributed by atoms with Gasteiger partial charge < -0.3 is 0 Å². The average Bonchev–Trinajstić information content (AvgIpc) is 3.34. The lowest BCUT2D eigenvalue weighted by Gasteiger charge is -2.17. The van der Waals surface area contributed by atoms with E-state index in [0.29, 0.717) is 5.92 Å². The van der Waals surface area contributed by atoms with Crippen LogP contribution in [-0.4, -0.2) is 38.5 Å². The van der Waals surface area contributed by atoms with Crippen LogP contribution in [0.5, 0.6) is 0 Å². The molecule has 156 valence electrons. The van der Waals surface area contributed by atoms with Gasteiger partial charge >= 0.3 is 0 Å². The first-order valence-electron chi connectivity index (χ1n) is 10.8. The Balaban J connectivity index is 1.50. The predicted octanol–water partition coefficient (Wildman–Crippen LogP) is 4.77. The third-order valence-corrected chi connectivity index (χ3v) is 6.31. The lowest BCUT2D eigenvalue weighted by atomic mass is 9.97. The molecular formula is C25H30N4O. The first kappa shape index (κ1) is 20.5. The van der Waals surface area contributed by atoms with Crippen LogP contribution < -0.4 is 0 Å². The molecule has 1 aliphatic rings. The standard InChI is InChI=1S/C25H30N4O/c1-5-29-18(3)24(17(2)27-29)16-28-12-10-23(15-28)21-9-11-26-25(14-21)22-8-6-7-20(13-22)19(4)30/h6-9,11,13-14,23H,5,10,12,15-16H2,1-4H3. The van der Waals surface area contributed by atoms with Crippen LogP contribution in [0.3, 0.4) is 0 Å². The molecule has 5 heteroatoms. The van der Waals surface area contributed by atoms with Gasteiger partial charge in [0.2, 0.25) is 0 Å². The fourth-order valence-corrected chi connectivity index (χ4v) is 4.50. The SMILES string of the molecule is CCn1nc(C)c(CN2CCC(c3ccnc(-c4cccc(C(C)=O)c4)c3)C2)c1C. The smallest absolute Gasteiger partial charge is 0.159 e. The summed E-state index contributed by atoms with van der Waals surface area (Å²) in [5, 5.41) is 4.67. The van der Waals surface area contributed by atoms with Crippen LogP contribution >= 0.6 is 0 Å². The number of carbonyl (C=O) groups excluding carboxylic acids is 1. The number of hydrogen-bond donors (Lipinski definition) is 0. The van der Waals surface area contributed by atoms with Crippen molar-refractivity contribution < 1.29 is 4.79 Å². The van der Waals surface area contributed by atoms with Crippen molar-refractivity contribution in [2.45, 2.75) is 53.1 Å². The Bertz CT molecular complexity index is 1070. The van der Waals surface area contributed by atoms with Gasteiger partial charge in [0, 0.05) is 48.2 Å². The highest BCUT2D eigenvalue weighted by Crippen LogP contribution is 2.31. The van der Waals surface area contributed by atoms with Crippen molar-refractivity contribution in [2.24, 2.45) is 0 Å². The molecule has 3 heterocycles. The van der Waals surface area contributed by atoms with E-state index in [0.717, 1.165) is 55.1 Å². The van der Waals surface area contributed by atoms with Crippen molar-refractivity contribution in [3.05, 3.63) is 70.7 Å². The molecule has 0 N–H and O–H groups in total. The van der Waals surface area contributed by atoms with Gasteiger partial charge in [-0.1, -0.05) is 18.2 Å². The van der Waals surface area contributed by atoms with Gasteiger partial charge in [0.25, 0.3) is 0 Å². The number of benzene rings is 1. The molecular weight excluding hydrogens is 372 g/mol. The fraction of sp³-hybridized carbons (Fsp3) is 0.400. The molecule has 1 saturated heterocycles. The summed E-state index contributed by atoms with van der Waals surface area (Å²) in [6.45, 7) is 12.1. The van der Waals surface area contributed by atoms with E-state index in [-0.39, 0.29) is 5.78 Å². The van der Waals surface area contributed by atoms with Gasteiger partial charge in [-0.25, -0.2) is 0 Å². The number of nitrogens with zero attached hydrogens (tertiary/aromatic N) is 4. The maximum Gasteiger partial charge on any atom is 0.159 e. The van der Waals surface area contributed by atoms with E-state index in [9.17, 15) is 4.79 Å². The molecule has 1 fully saturated rings. The fourth-order valence-electron chi connectivity index (χ4n) is 4.50. The van der Waals surface area contributed by atoms with E-state index in [1.54, 1.807) is 6.92 Å². The van der Waals surface area contributed by atoms with E-state index in [1.165, 1.54) is 16.8 Å². The Morgan fingerprint density at radius 2 is 2.03 bits per heavy atom. The summed E-state index contributed by atoms with van der Waals surface area (Å²) >= 11 is 0. The maximum absolute atomic E-state index is 11.7. The van der Waals surface area contributed by atoms with Crippen molar-refractivity contribution in [1.29, 1.82) is 0 Å². The minimum Gasteiger partial charge on any atom is -0.298 e. The molecule has 5 nitrogen and oxygen atoms in total. The van der Waals surface area contributed by atoms with Crippen molar-refractivity contribution in [3.63, 3.8) is 0 Å². The molecule has 0 spiro atoms. The Morgan fingerprint density at radius 1 is 1.20 bits per heavy atom. The van der Waals surface area contributed by atoms with Gasteiger partial charge in [-0.3, -0.25) is 19.4 Å². The highest BCUT2D eigenvalue weighted by molar-refractivity contribution is 5.95. The number of carbonyl (C=O) groups is 1. The number of likely N-dealkylation sites (tertiary alicyclic amines) is 1. The topological polar surface area (TPSA) is 51.0 Å². The van der Waals surface area contributed by atoms with Crippen LogP contribution in [0.1, 0.15) is 59.1 Å². The minimum atomic E-state index is 0.0800. The Kier molecular flexibility index (Phi) is 5.82. The van der Waals surface area contributed by atoms with E-state index < -0.39 is 0 Å². The zero-order valence-electron chi connectivity index (χ0n) is 18.4. The quantitative estimate of drug-likeness (QED) is 0.557. The Hall–Kier alpha value is -2.79.